The van der Waals surface area contributed by atoms with Crippen molar-refractivity contribution in [2.75, 3.05) is 0 Å². The van der Waals surface area contributed by atoms with Gasteiger partial charge in [0.1, 0.15) is 11.6 Å². The van der Waals surface area contributed by atoms with Gasteiger partial charge in [-0.15, -0.1) is 0 Å². The van der Waals surface area contributed by atoms with Gasteiger partial charge in [-0.1, -0.05) is 42.5 Å². The number of aromatic nitrogens is 2. The minimum absolute atomic E-state index is 0.000617. The zero-order chi connectivity index (χ0) is 23.4. The van der Waals surface area contributed by atoms with E-state index >= 15 is 0 Å². The Labute approximate surface area is 206 Å². The molecule has 0 N–H and O–H groups in total. The van der Waals surface area contributed by atoms with Crippen LogP contribution in [0.15, 0.2) is 78.9 Å². The second kappa shape index (κ2) is 8.08. The van der Waals surface area contributed by atoms with Crippen LogP contribution >= 0.6 is 0 Å². The molecule has 0 amide bonds. The molecule has 0 atom stereocenters. The molecule has 3 aromatic carbocycles. The molecule has 1 aromatic heterocycles. The van der Waals surface area contributed by atoms with Gasteiger partial charge in [-0.05, 0) is 98.2 Å². The number of hydrogen-bond acceptors (Lipinski definition) is 3. The molecule has 4 aliphatic rings. The molecule has 4 fully saturated rings. The van der Waals surface area contributed by atoms with E-state index in [1.807, 2.05) is 36.4 Å². The van der Waals surface area contributed by atoms with E-state index in [-0.39, 0.29) is 11.4 Å². The Kier molecular flexibility index (Phi) is 4.83. The van der Waals surface area contributed by atoms with Gasteiger partial charge in [-0.3, -0.25) is 4.79 Å². The topological polar surface area (TPSA) is 44.1 Å². The third-order valence-corrected chi connectivity index (χ3v) is 8.63. The van der Waals surface area contributed by atoms with Crippen molar-refractivity contribution in [1.29, 1.82) is 0 Å². The number of rotatable bonds is 5. The lowest BCUT2D eigenvalue weighted by Gasteiger charge is -2.55. The number of imidazole rings is 1. The molecular formula is C31H30N2O2. The molecule has 4 nitrogen and oxygen atoms in total. The van der Waals surface area contributed by atoms with E-state index in [4.69, 9.17) is 9.72 Å². The smallest absolute Gasteiger partial charge is 0.317 e. The van der Waals surface area contributed by atoms with Crippen molar-refractivity contribution in [1.82, 2.24) is 9.55 Å². The van der Waals surface area contributed by atoms with Crippen molar-refractivity contribution in [2.24, 2.45) is 23.2 Å². The number of benzene rings is 3. The normalized spacial score (nSPS) is 26.8. The Hall–Kier alpha value is -3.40. The summed E-state index contributed by atoms with van der Waals surface area (Å²) in [7, 11) is 0. The highest BCUT2D eigenvalue weighted by Gasteiger charge is 2.55. The third kappa shape index (κ3) is 3.67. The highest BCUT2D eigenvalue weighted by Crippen LogP contribution is 2.60. The SMILES string of the molecule is O=C(Oc1ccc(-c2nc3ccccc3n2Cc2ccccc2)cc1)C12CC3CC(CC(C3)C1)C2. The molecule has 0 radical (unpaired) electrons. The number of ether oxygens (including phenoxy) is 1. The molecule has 4 aromatic rings. The lowest BCUT2D eigenvalue weighted by molar-refractivity contribution is -0.161. The Morgan fingerprint density at radius 1 is 0.829 bits per heavy atom. The molecule has 0 saturated heterocycles. The van der Waals surface area contributed by atoms with Crippen molar-refractivity contribution >= 4 is 17.0 Å². The average molecular weight is 463 g/mol. The van der Waals surface area contributed by atoms with E-state index in [1.54, 1.807) is 0 Å². The number of carbonyl (C=O) groups is 1. The second-order valence-corrected chi connectivity index (χ2v) is 11.1. The van der Waals surface area contributed by atoms with Crippen LogP contribution in [-0.4, -0.2) is 15.5 Å². The first-order valence-electron chi connectivity index (χ1n) is 13.0. The monoisotopic (exact) mass is 462 g/mol. The Morgan fingerprint density at radius 2 is 1.46 bits per heavy atom. The van der Waals surface area contributed by atoms with Gasteiger partial charge in [0.25, 0.3) is 0 Å². The van der Waals surface area contributed by atoms with Gasteiger partial charge in [0.2, 0.25) is 0 Å². The standard InChI is InChI=1S/C31H30N2O2/c34-30(31-17-22-14-23(18-31)16-24(15-22)19-31)35-26-12-10-25(11-13-26)29-32-27-8-4-5-9-28(27)33(29)20-21-6-2-1-3-7-21/h1-13,22-24H,14-20H2. The van der Waals surface area contributed by atoms with Crippen LogP contribution in [0.4, 0.5) is 0 Å². The fourth-order valence-electron chi connectivity index (χ4n) is 7.47. The molecule has 1 heterocycles. The first kappa shape index (κ1) is 20.9. The molecule has 0 aliphatic heterocycles. The summed E-state index contributed by atoms with van der Waals surface area (Å²) < 4.78 is 8.27. The van der Waals surface area contributed by atoms with E-state index in [2.05, 4.69) is 47.0 Å². The van der Waals surface area contributed by atoms with E-state index in [0.29, 0.717) is 5.75 Å². The number of nitrogens with zero attached hydrogens (tertiary/aromatic N) is 2. The van der Waals surface area contributed by atoms with E-state index in [9.17, 15) is 4.79 Å². The molecule has 176 valence electrons. The summed E-state index contributed by atoms with van der Waals surface area (Å²) in [6, 6.07) is 26.7. The Balaban J connectivity index is 1.16. The van der Waals surface area contributed by atoms with Gasteiger partial charge in [0, 0.05) is 12.1 Å². The maximum Gasteiger partial charge on any atom is 0.317 e. The summed E-state index contributed by atoms with van der Waals surface area (Å²) in [5.74, 6) is 3.76. The first-order valence-corrected chi connectivity index (χ1v) is 13.0. The average Bonchev–Trinajstić information content (AvgIpc) is 3.23. The summed E-state index contributed by atoms with van der Waals surface area (Å²) in [6.45, 7) is 0.749. The van der Waals surface area contributed by atoms with Crippen LogP contribution in [0.3, 0.4) is 0 Å². The Morgan fingerprint density at radius 3 is 2.14 bits per heavy atom. The highest BCUT2D eigenvalue weighted by molar-refractivity contribution is 5.82. The number of fused-ring (bicyclic) bond motifs is 1. The van der Waals surface area contributed by atoms with Gasteiger partial charge in [0.15, 0.2) is 0 Å². The van der Waals surface area contributed by atoms with Crippen molar-refractivity contribution in [3.8, 4) is 17.1 Å². The van der Waals surface area contributed by atoms with Crippen LogP contribution in [0.1, 0.15) is 44.1 Å². The summed E-state index contributed by atoms with van der Waals surface area (Å²) in [4.78, 5) is 18.3. The van der Waals surface area contributed by atoms with Crippen LogP contribution in [0.25, 0.3) is 22.4 Å². The lowest BCUT2D eigenvalue weighted by Crippen LogP contribution is -2.51. The van der Waals surface area contributed by atoms with Gasteiger partial charge < -0.3 is 9.30 Å². The van der Waals surface area contributed by atoms with E-state index in [0.717, 1.165) is 66.0 Å². The first-order chi connectivity index (χ1) is 17.1. The minimum atomic E-state index is -0.239. The number of hydrogen-bond donors (Lipinski definition) is 0. The fraction of sp³-hybridized carbons (Fsp3) is 0.355. The van der Waals surface area contributed by atoms with Crippen LogP contribution in [0, 0.1) is 23.2 Å². The van der Waals surface area contributed by atoms with Gasteiger partial charge in [-0.2, -0.15) is 0 Å². The summed E-state index contributed by atoms with van der Waals surface area (Å²) in [6.07, 6.45) is 7.06. The minimum Gasteiger partial charge on any atom is -0.426 e. The number of para-hydroxylation sites is 2. The zero-order valence-corrected chi connectivity index (χ0v) is 19.9. The molecule has 0 spiro atoms. The number of esters is 1. The molecule has 35 heavy (non-hydrogen) atoms. The van der Waals surface area contributed by atoms with Crippen molar-refractivity contribution < 1.29 is 9.53 Å². The van der Waals surface area contributed by atoms with Crippen molar-refractivity contribution in [2.45, 2.75) is 45.1 Å². The molecule has 4 bridgehead atoms. The maximum atomic E-state index is 13.4. The summed E-state index contributed by atoms with van der Waals surface area (Å²) in [5, 5.41) is 0. The largest absolute Gasteiger partial charge is 0.426 e. The predicted octanol–water partition coefficient (Wildman–Crippen LogP) is 6.87. The predicted molar refractivity (Wildman–Crippen MR) is 137 cm³/mol. The highest BCUT2D eigenvalue weighted by atomic mass is 16.5. The number of carbonyl (C=O) groups excluding carboxylic acids is 1. The molecule has 4 saturated carbocycles. The lowest BCUT2D eigenvalue weighted by atomic mass is 9.49. The molecular weight excluding hydrogens is 432 g/mol. The molecule has 8 rings (SSSR count). The summed E-state index contributed by atoms with van der Waals surface area (Å²) in [5.41, 5.74) is 4.11. The van der Waals surface area contributed by atoms with Crippen LogP contribution in [0.5, 0.6) is 5.75 Å². The second-order valence-electron chi connectivity index (χ2n) is 11.1. The maximum absolute atomic E-state index is 13.4. The summed E-state index contributed by atoms with van der Waals surface area (Å²) >= 11 is 0. The molecule has 4 aliphatic carbocycles. The van der Waals surface area contributed by atoms with Crippen LogP contribution < -0.4 is 4.74 Å². The Bertz CT molecular complexity index is 1350. The quantitative estimate of drug-likeness (QED) is 0.240. The van der Waals surface area contributed by atoms with E-state index < -0.39 is 0 Å². The van der Waals surface area contributed by atoms with Crippen LogP contribution in [-0.2, 0) is 11.3 Å². The van der Waals surface area contributed by atoms with Gasteiger partial charge in [-0.25, -0.2) is 4.98 Å². The molecule has 4 heteroatoms. The van der Waals surface area contributed by atoms with Crippen LogP contribution in [0.2, 0.25) is 0 Å². The third-order valence-electron chi connectivity index (χ3n) is 8.63. The molecule has 0 unspecified atom stereocenters. The van der Waals surface area contributed by atoms with Crippen molar-refractivity contribution in [3.63, 3.8) is 0 Å². The van der Waals surface area contributed by atoms with Gasteiger partial charge in [0.05, 0.1) is 16.4 Å². The van der Waals surface area contributed by atoms with E-state index in [1.165, 1.54) is 24.8 Å². The van der Waals surface area contributed by atoms with Crippen molar-refractivity contribution in [3.05, 3.63) is 84.4 Å². The zero-order valence-electron chi connectivity index (χ0n) is 19.9. The fourth-order valence-corrected chi connectivity index (χ4v) is 7.47. The van der Waals surface area contributed by atoms with Gasteiger partial charge >= 0.3 is 5.97 Å².